The average Bonchev–Trinajstić information content (AvgIpc) is 2.90. The predicted molar refractivity (Wildman–Crippen MR) is 88.6 cm³/mol. The highest BCUT2D eigenvalue weighted by Crippen LogP contribution is 2.22. The van der Waals surface area contributed by atoms with Crippen molar-refractivity contribution >= 4 is 23.9 Å². The van der Waals surface area contributed by atoms with Crippen LogP contribution in [0.25, 0.3) is 0 Å². The number of carbonyl (C=O) groups is 4. The smallest absolute Gasteiger partial charge is 0.408 e. The van der Waals surface area contributed by atoms with Gasteiger partial charge in [0.2, 0.25) is 11.8 Å². The first-order valence-electron chi connectivity index (χ1n) is 8.24. The molecule has 1 rings (SSSR count). The molecule has 0 aliphatic carbocycles. The molecule has 0 aromatic heterocycles. The molecule has 3 amide bonds. The molecule has 26 heavy (non-hydrogen) atoms. The number of amides is 3. The van der Waals surface area contributed by atoms with Crippen molar-refractivity contribution in [3.05, 3.63) is 0 Å². The zero-order valence-corrected chi connectivity index (χ0v) is 15.4. The minimum atomic E-state index is -1.39. The van der Waals surface area contributed by atoms with Crippen LogP contribution >= 0.6 is 0 Å². The van der Waals surface area contributed by atoms with Gasteiger partial charge in [0.25, 0.3) is 0 Å². The topological polar surface area (TPSA) is 128 Å². The van der Waals surface area contributed by atoms with Crippen LogP contribution in [-0.2, 0) is 23.9 Å². The van der Waals surface area contributed by atoms with Crippen molar-refractivity contribution in [2.24, 2.45) is 5.73 Å². The Kier molecular flexibility index (Phi) is 7.34. The lowest BCUT2D eigenvalue weighted by Gasteiger charge is -2.28. The number of halogens is 1. The molecule has 0 aromatic carbocycles. The van der Waals surface area contributed by atoms with Crippen LogP contribution in [-0.4, -0.2) is 66.3 Å². The molecule has 1 aliphatic rings. The molecule has 1 saturated heterocycles. The minimum Gasteiger partial charge on any atom is -0.469 e. The van der Waals surface area contributed by atoms with Gasteiger partial charge in [0, 0.05) is 12.8 Å². The van der Waals surface area contributed by atoms with Crippen LogP contribution in [0.4, 0.5) is 9.18 Å². The number of rotatable bonds is 6. The molecule has 0 radical (unpaired) electrons. The van der Waals surface area contributed by atoms with E-state index in [9.17, 15) is 23.6 Å². The van der Waals surface area contributed by atoms with E-state index in [-0.39, 0.29) is 25.8 Å². The number of nitrogens with one attached hydrogen (secondary N) is 1. The number of hydrogen-bond acceptors (Lipinski definition) is 6. The molecule has 10 heteroatoms. The molecule has 1 heterocycles. The summed E-state index contributed by atoms with van der Waals surface area (Å²) in [5, 5.41) is 2.37. The summed E-state index contributed by atoms with van der Waals surface area (Å²) in [5.74, 6) is -2.11. The quantitative estimate of drug-likeness (QED) is 0.641. The summed E-state index contributed by atoms with van der Waals surface area (Å²) in [5.41, 5.74) is 4.43. The van der Waals surface area contributed by atoms with Gasteiger partial charge in [0.05, 0.1) is 13.7 Å². The largest absolute Gasteiger partial charge is 0.469 e. The normalized spacial score (nSPS) is 21.0. The van der Waals surface area contributed by atoms with Gasteiger partial charge >= 0.3 is 12.1 Å². The van der Waals surface area contributed by atoms with Crippen LogP contribution in [0.3, 0.4) is 0 Å². The maximum Gasteiger partial charge on any atom is 0.408 e. The maximum atomic E-state index is 13.7. The summed E-state index contributed by atoms with van der Waals surface area (Å²) in [7, 11) is 1.19. The molecule has 0 bridgehead atoms. The molecule has 1 fully saturated rings. The fourth-order valence-electron chi connectivity index (χ4n) is 2.57. The first-order valence-corrected chi connectivity index (χ1v) is 8.24. The van der Waals surface area contributed by atoms with E-state index in [1.54, 1.807) is 20.8 Å². The van der Waals surface area contributed by atoms with Gasteiger partial charge in [-0.3, -0.25) is 14.4 Å². The molecule has 3 N–H and O–H groups in total. The molecule has 0 saturated carbocycles. The van der Waals surface area contributed by atoms with Crippen molar-refractivity contribution in [2.75, 3.05) is 13.7 Å². The summed E-state index contributed by atoms with van der Waals surface area (Å²) < 4.78 is 23.3. The van der Waals surface area contributed by atoms with Crippen molar-refractivity contribution in [2.45, 2.75) is 63.9 Å². The fourth-order valence-corrected chi connectivity index (χ4v) is 2.57. The van der Waals surface area contributed by atoms with E-state index < -0.39 is 47.7 Å². The average molecular weight is 375 g/mol. The summed E-state index contributed by atoms with van der Waals surface area (Å²) in [4.78, 5) is 48.6. The minimum absolute atomic E-state index is 0.0936. The summed E-state index contributed by atoms with van der Waals surface area (Å²) in [6.07, 6.45) is -2.70. The predicted octanol–water partition coefficient (Wildman–Crippen LogP) is 0.257. The lowest BCUT2D eigenvalue weighted by Crippen LogP contribution is -2.53. The number of carbonyl (C=O) groups excluding carboxylic acids is 4. The Labute approximate surface area is 151 Å². The molecule has 3 unspecified atom stereocenters. The second kappa shape index (κ2) is 8.81. The highest BCUT2D eigenvalue weighted by atomic mass is 19.1. The van der Waals surface area contributed by atoms with E-state index in [2.05, 4.69) is 10.1 Å². The van der Waals surface area contributed by atoms with Gasteiger partial charge in [-0.2, -0.15) is 0 Å². The number of esters is 1. The Morgan fingerprint density at radius 3 is 2.42 bits per heavy atom. The summed E-state index contributed by atoms with van der Waals surface area (Å²) in [6.45, 7) is 4.64. The Balaban J connectivity index is 2.91. The number of hydrogen-bond donors (Lipinski definition) is 2. The SMILES string of the molecule is COC(=O)CCC(NC(=O)OC(C)(C)C)C(=O)N1CC(F)CC1C(N)=O. The van der Waals surface area contributed by atoms with Crippen LogP contribution in [0, 0.1) is 0 Å². The Morgan fingerprint density at radius 2 is 1.92 bits per heavy atom. The number of likely N-dealkylation sites (tertiary alicyclic amines) is 1. The second-order valence-corrected chi connectivity index (χ2v) is 7.06. The lowest BCUT2D eigenvalue weighted by atomic mass is 10.1. The zero-order valence-electron chi connectivity index (χ0n) is 15.4. The standard InChI is InChI=1S/C16H26FN3O6/c1-16(2,3)26-15(24)19-10(5-6-12(21)25-4)14(23)20-8-9(17)7-11(20)13(18)22/h9-11H,5-8H2,1-4H3,(H2,18,22)(H,19,24). The van der Waals surface area contributed by atoms with Crippen molar-refractivity contribution in [3.63, 3.8) is 0 Å². The van der Waals surface area contributed by atoms with Gasteiger partial charge in [-0.1, -0.05) is 0 Å². The molecule has 148 valence electrons. The number of nitrogens with zero attached hydrogens (tertiary/aromatic N) is 1. The van der Waals surface area contributed by atoms with E-state index >= 15 is 0 Å². The number of primary amides is 1. The van der Waals surface area contributed by atoms with E-state index in [1.165, 1.54) is 7.11 Å². The number of methoxy groups -OCH3 is 1. The van der Waals surface area contributed by atoms with E-state index in [0.29, 0.717) is 0 Å². The summed E-state index contributed by atoms with van der Waals surface area (Å²) in [6, 6.07) is -2.28. The van der Waals surface area contributed by atoms with Crippen LogP contribution in [0.1, 0.15) is 40.0 Å². The Hall–Kier alpha value is -2.39. The number of nitrogens with two attached hydrogens (primary N) is 1. The van der Waals surface area contributed by atoms with E-state index in [0.717, 1.165) is 4.90 Å². The third-order valence-electron chi connectivity index (χ3n) is 3.72. The van der Waals surface area contributed by atoms with Crippen molar-refractivity contribution in [1.82, 2.24) is 10.2 Å². The molecular weight excluding hydrogens is 349 g/mol. The van der Waals surface area contributed by atoms with Crippen molar-refractivity contribution in [1.29, 1.82) is 0 Å². The molecular formula is C16H26FN3O6. The molecule has 0 spiro atoms. The van der Waals surface area contributed by atoms with E-state index in [1.807, 2.05) is 0 Å². The van der Waals surface area contributed by atoms with E-state index in [4.69, 9.17) is 10.5 Å². The lowest BCUT2D eigenvalue weighted by molar-refractivity contribution is -0.142. The van der Waals surface area contributed by atoms with Crippen LogP contribution < -0.4 is 11.1 Å². The maximum absolute atomic E-state index is 13.7. The first-order chi connectivity index (χ1) is 11.9. The zero-order chi connectivity index (χ0) is 20.1. The highest BCUT2D eigenvalue weighted by molar-refractivity contribution is 5.91. The van der Waals surface area contributed by atoms with Crippen molar-refractivity contribution < 1.29 is 33.0 Å². The van der Waals surface area contributed by atoms with Gasteiger partial charge in [-0.25, -0.2) is 9.18 Å². The Bertz CT molecular complexity index is 563. The van der Waals surface area contributed by atoms with Crippen LogP contribution in [0.2, 0.25) is 0 Å². The monoisotopic (exact) mass is 375 g/mol. The van der Waals surface area contributed by atoms with Gasteiger partial charge in [0.15, 0.2) is 0 Å². The first kappa shape index (κ1) is 21.7. The molecule has 3 atom stereocenters. The number of ether oxygens (including phenoxy) is 2. The van der Waals surface area contributed by atoms with Gasteiger partial charge in [-0.15, -0.1) is 0 Å². The third kappa shape index (κ3) is 6.49. The molecule has 0 aromatic rings. The highest BCUT2D eigenvalue weighted by Gasteiger charge is 2.41. The second-order valence-electron chi connectivity index (χ2n) is 7.06. The molecule has 1 aliphatic heterocycles. The van der Waals surface area contributed by atoms with Crippen LogP contribution in [0.5, 0.6) is 0 Å². The number of alkyl halides is 1. The fraction of sp³-hybridized carbons (Fsp3) is 0.750. The summed E-state index contributed by atoms with van der Waals surface area (Å²) >= 11 is 0. The van der Waals surface area contributed by atoms with Gasteiger partial charge in [-0.05, 0) is 27.2 Å². The molecule has 9 nitrogen and oxygen atoms in total. The Morgan fingerprint density at radius 1 is 1.31 bits per heavy atom. The van der Waals surface area contributed by atoms with Crippen LogP contribution in [0.15, 0.2) is 0 Å². The third-order valence-corrected chi connectivity index (χ3v) is 3.72. The van der Waals surface area contributed by atoms with Gasteiger partial charge < -0.3 is 25.4 Å². The van der Waals surface area contributed by atoms with Gasteiger partial charge in [0.1, 0.15) is 23.9 Å². The number of alkyl carbamates (subject to hydrolysis) is 1. The van der Waals surface area contributed by atoms with Crippen molar-refractivity contribution in [3.8, 4) is 0 Å².